The molecule has 0 aliphatic heterocycles. The van der Waals surface area contributed by atoms with E-state index in [-0.39, 0.29) is 11.9 Å². The van der Waals surface area contributed by atoms with Crippen LogP contribution in [-0.4, -0.2) is 12.6 Å². The van der Waals surface area contributed by atoms with Crippen molar-refractivity contribution < 1.29 is 9.53 Å². The van der Waals surface area contributed by atoms with Crippen LogP contribution in [0.4, 0.5) is 0 Å². The summed E-state index contributed by atoms with van der Waals surface area (Å²) in [6.45, 7) is 2.45. The fourth-order valence-corrected chi connectivity index (χ4v) is 4.38. The summed E-state index contributed by atoms with van der Waals surface area (Å²) in [7, 11) is 0. The third kappa shape index (κ3) is 1.33. The van der Waals surface area contributed by atoms with E-state index < -0.39 is 0 Å². The Balaban J connectivity index is 1.72. The Morgan fingerprint density at radius 3 is 2.67 bits per heavy atom. The number of hydrogen-bond acceptors (Lipinski definition) is 2. The quantitative estimate of drug-likeness (QED) is 0.652. The topological polar surface area (TPSA) is 26.3 Å². The lowest BCUT2D eigenvalue weighted by molar-refractivity contribution is -0.164. The highest BCUT2D eigenvalue weighted by molar-refractivity contribution is 5.73. The summed E-state index contributed by atoms with van der Waals surface area (Å²) >= 11 is 0. The monoisotopic (exact) mass is 208 g/mol. The summed E-state index contributed by atoms with van der Waals surface area (Å²) in [6.07, 6.45) is 6.46. The van der Waals surface area contributed by atoms with Crippen LogP contribution in [0.3, 0.4) is 0 Å². The first-order chi connectivity index (χ1) is 7.31. The first-order valence-electron chi connectivity index (χ1n) is 6.48. The Hall–Kier alpha value is -0.530. The van der Waals surface area contributed by atoms with E-state index in [1.165, 1.54) is 25.7 Å². The van der Waals surface area contributed by atoms with Crippen molar-refractivity contribution in [2.24, 2.45) is 29.6 Å². The molecule has 2 heteroatoms. The number of ether oxygens (including phenoxy) is 1. The SMILES string of the molecule is CCOC(=O)[C@@H]1CCC2C3C[C@H]2CC[C@@H]31. The van der Waals surface area contributed by atoms with E-state index in [2.05, 4.69) is 0 Å². The first kappa shape index (κ1) is 9.68. The third-order valence-corrected chi connectivity index (χ3v) is 5.07. The number of carbonyl (C=O) groups is 1. The van der Waals surface area contributed by atoms with Crippen LogP contribution in [0.1, 0.15) is 39.0 Å². The van der Waals surface area contributed by atoms with Crippen molar-refractivity contribution in [3.8, 4) is 0 Å². The zero-order valence-corrected chi connectivity index (χ0v) is 9.45. The van der Waals surface area contributed by atoms with Crippen LogP contribution in [0.2, 0.25) is 0 Å². The van der Waals surface area contributed by atoms with Gasteiger partial charge >= 0.3 is 5.97 Å². The minimum atomic E-state index is 0.0892. The zero-order chi connectivity index (χ0) is 10.4. The van der Waals surface area contributed by atoms with E-state index in [0.29, 0.717) is 12.5 Å². The van der Waals surface area contributed by atoms with Gasteiger partial charge < -0.3 is 4.74 Å². The van der Waals surface area contributed by atoms with Crippen LogP contribution < -0.4 is 0 Å². The van der Waals surface area contributed by atoms with Crippen molar-refractivity contribution >= 4 is 5.97 Å². The van der Waals surface area contributed by atoms with Gasteiger partial charge in [0.05, 0.1) is 12.5 Å². The van der Waals surface area contributed by atoms with E-state index >= 15 is 0 Å². The molecule has 0 saturated heterocycles. The molecule has 5 atom stereocenters. The Kier molecular flexibility index (Phi) is 2.26. The van der Waals surface area contributed by atoms with E-state index in [0.717, 1.165) is 24.2 Å². The van der Waals surface area contributed by atoms with Crippen molar-refractivity contribution in [3.05, 3.63) is 0 Å². The second-order valence-corrected chi connectivity index (χ2v) is 5.50. The summed E-state index contributed by atoms with van der Waals surface area (Å²) in [5.41, 5.74) is 0. The van der Waals surface area contributed by atoms with Gasteiger partial charge in [-0.25, -0.2) is 0 Å². The summed E-state index contributed by atoms with van der Waals surface area (Å²) in [5.74, 6) is 3.89. The van der Waals surface area contributed by atoms with Crippen molar-refractivity contribution in [3.63, 3.8) is 0 Å². The van der Waals surface area contributed by atoms with Crippen molar-refractivity contribution in [1.29, 1.82) is 0 Å². The second kappa shape index (κ2) is 3.50. The number of rotatable bonds is 2. The second-order valence-electron chi connectivity index (χ2n) is 5.50. The van der Waals surface area contributed by atoms with Gasteiger partial charge in [-0.05, 0) is 62.7 Å². The molecular weight excluding hydrogens is 188 g/mol. The van der Waals surface area contributed by atoms with Gasteiger partial charge in [0.25, 0.3) is 0 Å². The molecule has 0 heterocycles. The molecule has 84 valence electrons. The van der Waals surface area contributed by atoms with E-state index in [1.807, 2.05) is 6.92 Å². The molecule has 2 bridgehead atoms. The number of carbonyl (C=O) groups excluding carboxylic acids is 1. The van der Waals surface area contributed by atoms with Crippen LogP contribution in [0.25, 0.3) is 0 Å². The van der Waals surface area contributed by atoms with Gasteiger partial charge in [-0.2, -0.15) is 0 Å². The predicted molar refractivity (Wildman–Crippen MR) is 57.2 cm³/mol. The average molecular weight is 208 g/mol. The highest BCUT2D eigenvalue weighted by Crippen LogP contribution is 2.61. The average Bonchev–Trinajstić information content (AvgIpc) is 2.22. The molecule has 0 amide bonds. The van der Waals surface area contributed by atoms with Crippen LogP contribution in [0, 0.1) is 29.6 Å². The zero-order valence-electron chi connectivity index (χ0n) is 9.45. The van der Waals surface area contributed by atoms with Crippen LogP contribution in [0.5, 0.6) is 0 Å². The summed E-state index contributed by atoms with van der Waals surface area (Å²) in [5, 5.41) is 0. The highest BCUT2D eigenvalue weighted by atomic mass is 16.5. The molecule has 0 aromatic heterocycles. The maximum Gasteiger partial charge on any atom is 0.309 e. The van der Waals surface area contributed by atoms with E-state index in [1.54, 1.807) is 0 Å². The summed E-state index contributed by atoms with van der Waals surface area (Å²) < 4.78 is 5.20. The molecule has 3 saturated carbocycles. The van der Waals surface area contributed by atoms with Gasteiger partial charge in [0, 0.05) is 0 Å². The van der Waals surface area contributed by atoms with E-state index in [4.69, 9.17) is 4.74 Å². The Morgan fingerprint density at radius 1 is 1.13 bits per heavy atom. The first-order valence-corrected chi connectivity index (χ1v) is 6.48. The standard InChI is InChI=1S/C13H20O2/c1-2-15-13(14)11-6-5-9-8-3-4-10(11)12(9)7-8/h8-12H,2-7H2,1H3/t8-,9?,10-,11-,12?/m1/s1. The Labute approximate surface area is 91.4 Å². The lowest BCUT2D eigenvalue weighted by atomic mass is 9.46. The summed E-state index contributed by atoms with van der Waals surface area (Å²) in [6, 6.07) is 0. The Bertz CT molecular complexity index is 272. The van der Waals surface area contributed by atoms with Gasteiger partial charge in [0.15, 0.2) is 0 Å². The third-order valence-electron chi connectivity index (χ3n) is 5.07. The molecule has 0 aromatic rings. The lowest BCUT2D eigenvalue weighted by Crippen LogP contribution is -2.53. The summed E-state index contributed by atoms with van der Waals surface area (Å²) in [4.78, 5) is 11.8. The van der Waals surface area contributed by atoms with Crippen molar-refractivity contribution in [2.75, 3.05) is 6.61 Å². The lowest BCUT2D eigenvalue weighted by Gasteiger charge is -2.58. The maximum absolute atomic E-state index is 11.8. The Morgan fingerprint density at radius 2 is 1.93 bits per heavy atom. The molecule has 0 spiro atoms. The fourth-order valence-electron chi connectivity index (χ4n) is 4.38. The van der Waals surface area contributed by atoms with Gasteiger partial charge in [-0.3, -0.25) is 4.79 Å². The van der Waals surface area contributed by atoms with Gasteiger partial charge in [0.2, 0.25) is 0 Å². The molecule has 0 N–H and O–H groups in total. The largest absolute Gasteiger partial charge is 0.466 e. The number of hydrogen-bond donors (Lipinski definition) is 0. The van der Waals surface area contributed by atoms with Crippen molar-refractivity contribution in [2.45, 2.75) is 39.0 Å². The minimum absolute atomic E-state index is 0.0892. The van der Waals surface area contributed by atoms with Crippen LogP contribution in [0.15, 0.2) is 0 Å². The fraction of sp³-hybridized carbons (Fsp3) is 0.923. The number of fused-ring (bicyclic) bond motifs is 2. The van der Waals surface area contributed by atoms with E-state index in [9.17, 15) is 4.79 Å². The molecule has 2 nitrogen and oxygen atoms in total. The smallest absolute Gasteiger partial charge is 0.309 e. The molecule has 2 unspecified atom stereocenters. The van der Waals surface area contributed by atoms with Gasteiger partial charge in [0.1, 0.15) is 0 Å². The minimum Gasteiger partial charge on any atom is -0.466 e. The molecular formula is C13H20O2. The number of esters is 1. The van der Waals surface area contributed by atoms with Gasteiger partial charge in [-0.1, -0.05) is 0 Å². The van der Waals surface area contributed by atoms with Gasteiger partial charge in [-0.15, -0.1) is 0 Å². The van der Waals surface area contributed by atoms with Crippen LogP contribution in [-0.2, 0) is 9.53 Å². The molecule has 3 rings (SSSR count). The van der Waals surface area contributed by atoms with Crippen molar-refractivity contribution in [1.82, 2.24) is 0 Å². The maximum atomic E-state index is 11.8. The molecule has 0 radical (unpaired) electrons. The molecule has 3 aliphatic rings. The molecule has 15 heavy (non-hydrogen) atoms. The predicted octanol–water partition coefficient (Wildman–Crippen LogP) is 2.62. The highest BCUT2D eigenvalue weighted by Gasteiger charge is 2.54. The molecule has 0 aromatic carbocycles. The normalized spacial score (nSPS) is 46.9. The molecule has 3 fully saturated rings. The van der Waals surface area contributed by atoms with Crippen LogP contribution >= 0.6 is 0 Å². The molecule has 3 aliphatic carbocycles.